The van der Waals surface area contributed by atoms with E-state index in [2.05, 4.69) is 26.6 Å². The molecule has 0 fully saturated rings. The van der Waals surface area contributed by atoms with Gasteiger partial charge in [-0.25, -0.2) is 13.2 Å². The summed E-state index contributed by atoms with van der Waals surface area (Å²) in [6.07, 6.45) is 0. The summed E-state index contributed by atoms with van der Waals surface area (Å²) < 4.78 is 31.4. The second-order valence-electron chi connectivity index (χ2n) is 5.27. The van der Waals surface area contributed by atoms with Gasteiger partial charge in [0, 0.05) is 12.6 Å². The first-order valence-electron chi connectivity index (χ1n) is 7.87. The van der Waals surface area contributed by atoms with Gasteiger partial charge in [-0.05, 0) is 36.4 Å². The standard InChI is InChI=1S/C19H18N2O5S/c1-20-18(22)17-8-4-3-6-14(17)7-5-13-21-27(24,25)16-11-9-15(10-12-16)19(23)26-2/h3-4,6,8-12,21H,13H2,1-2H3,(H,20,22). The topological polar surface area (TPSA) is 102 Å². The van der Waals surface area contributed by atoms with E-state index in [-0.39, 0.29) is 22.9 Å². The van der Waals surface area contributed by atoms with Crippen molar-refractivity contribution in [1.29, 1.82) is 0 Å². The Balaban J connectivity index is 2.09. The molecule has 0 aromatic heterocycles. The average molecular weight is 386 g/mol. The van der Waals surface area contributed by atoms with Gasteiger partial charge in [-0.2, -0.15) is 4.72 Å². The van der Waals surface area contributed by atoms with E-state index in [1.165, 1.54) is 38.4 Å². The monoisotopic (exact) mass is 386 g/mol. The van der Waals surface area contributed by atoms with E-state index in [9.17, 15) is 18.0 Å². The van der Waals surface area contributed by atoms with Crippen molar-refractivity contribution in [2.45, 2.75) is 4.90 Å². The average Bonchev–Trinajstić information content (AvgIpc) is 2.70. The van der Waals surface area contributed by atoms with Gasteiger partial charge in [0.15, 0.2) is 0 Å². The minimum atomic E-state index is -3.78. The summed E-state index contributed by atoms with van der Waals surface area (Å²) in [6.45, 7) is -0.136. The molecule has 0 aliphatic carbocycles. The van der Waals surface area contributed by atoms with Crippen LogP contribution in [0.25, 0.3) is 0 Å². The molecule has 0 aliphatic heterocycles. The minimum Gasteiger partial charge on any atom is -0.465 e. The molecular formula is C19H18N2O5S. The second kappa shape index (κ2) is 8.98. The zero-order valence-electron chi connectivity index (χ0n) is 14.8. The van der Waals surface area contributed by atoms with Gasteiger partial charge >= 0.3 is 5.97 Å². The van der Waals surface area contributed by atoms with Crippen LogP contribution in [0.1, 0.15) is 26.3 Å². The Morgan fingerprint density at radius 3 is 2.37 bits per heavy atom. The Morgan fingerprint density at radius 1 is 1.07 bits per heavy atom. The van der Waals surface area contributed by atoms with Gasteiger partial charge < -0.3 is 10.1 Å². The molecule has 0 aliphatic rings. The first kappa shape index (κ1) is 20.2. The Bertz CT molecular complexity index is 1000. The first-order valence-corrected chi connectivity index (χ1v) is 9.35. The molecule has 0 spiro atoms. The van der Waals surface area contributed by atoms with E-state index < -0.39 is 16.0 Å². The van der Waals surface area contributed by atoms with E-state index in [0.29, 0.717) is 11.1 Å². The number of nitrogens with one attached hydrogen (secondary N) is 2. The maximum absolute atomic E-state index is 12.3. The molecule has 2 N–H and O–H groups in total. The largest absolute Gasteiger partial charge is 0.465 e. The van der Waals surface area contributed by atoms with Crippen molar-refractivity contribution in [2.24, 2.45) is 0 Å². The van der Waals surface area contributed by atoms with E-state index in [1.54, 1.807) is 24.3 Å². The van der Waals surface area contributed by atoms with Crippen LogP contribution in [-0.4, -0.2) is 41.0 Å². The van der Waals surface area contributed by atoms with E-state index in [4.69, 9.17) is 0 Å². The summed E-state index contributed by atoms with van der Waals surface area (Å²) in [5, 5.41) is 2.52. The molecule has 0 saturated carbocycles. The predicted molar refractivity (Wildman–Crippen MR) is 99.7 cm³/mol. The number of benzene rings is 2. The molecule has 1 amide bonds. The lowest BCUT2D eigenvalue weighted by Crippen LogP contribution is -2.24. The molecule has 0 bridgehead atoms. The number of ether oxygens (including phenoxy) is 1. The van der Waals surface area contributed by atoms with Crippen LogP contribution in [0.4, 0.5) is 0 Å². The van der Waals surface area contributed by atoms with E-state index in [1.807, 2.05) is 0 Å². The number of methoxy groups -OCH3 is 1. The molecule has 2 aromatic rings. The van der Waals surface area contributed by atoms with E-state index in [0.717, 1.165) is 0 Å². The Kier molecular flexibility index (Phi) is 6.71. The maximum Gasteiger partial charge on any atom is 0.337 e. The third kappa shape index (κ3) is 5.17. The van der Waals surface area contributed by atoms with Gasteiger partial charge in [0.25, 0.3) is 5.91 Å². The first-order chi connectivity index (χ1) is 12.9. The molecule has 0 heterocycles. The van der Waals surface area contributed by atoms with Crippen LogP contribution in [0.15, 0.2) is 53.4 Å². The number of hydrogen-bond acceptors (Lipinski definition) is 5. The van der Waals surface area contributed by atoms with Crippen molar-refractivity contribution in [3.8, 4) is 11.8 Å². The Hall–Kier alpha value is -3.15. The van der Waals surface area contributed by atoms with Crippen molar-refractivity contribution in [1.82, 2.24) is 10.0 Å². The zero-order valence-corrected chi connectivity index (χ0v) is 15.6. The summed E-state index contributed by atoms with van der Waals surface area (Å²) in [5.41, 5.74) is 1.16. The number of amides is 1. The molecule has 0 saturated heterocycles. The molecule has 27 heavy (non-hydrogen) atoms. The molecule has 0 atom stereocenters. The third-order valence-corrected chi connectivity index (χ3v) is 4.98. The molecule has 8 heteroatoms. The Labute approximate surface area is 157 Å². The van der Waals surface area contributed by atoms with Gasteiger partial charge in [-0.1, -0.05) is 24.0 Å². The number of sulfonamides is 1. The van der Waals surface area contributed by atoms with Crippen LogP contribution < -0.4 is 10.0 Å². The SMILES string of the molecule is CNC(=O)c1ccccc1C#CCNS(=O)(=O)c1ccc(C(=O)OC)cc1. The molecule has 7 nitrogen and oxygen atoms in total. The van der Waals surface area contributed by atoms with Gasteiger partial charge in [0.2, 0.25) is 10.0 Å². The number of esters is 1. The van der Waals surface area contributed by atoms with Gasteiger partial charge in [0.05, 0.1) is 29.7 Å². The molecule has 0 unspecified atom stereocenters. The van der Waals surface area contributed by atoms with Crippen LogP contribution in [0.5, 0.6) is 0 Å². The van der Waals surface area contributed by atoms with Gasteiger partial charge in [-0.15, -0.1) is 0 Å². The zero-order chi connectivity index (χ0) is 19.9. The highest BCUT2D eigenvalue weighted by Crippen LogP contribution is 2.11. The smallest absolute Gasteiger partial charge is 0.337 e. The number of rotatable bonds is 5. The van der Waals surface area contributed by atoms with Crippen LogP contribution >= 0.6 is 0 Å². The fourth-order valence-electron chi connectivity index (χ4n) is 2.17. The number of hydrogen-bond donors (Lipinski definition) is 2. The van der Waals surface area contributed by atoms with Crippen molar-refractivity contribution in [3.63, 3.8) is 0 Å². The number of carbonyl (C=O) groups excluding carboxylic acids is 2. The molecule has 2 rings (SSSR count). The van der Waals surface area contributed by atoms with Gasteiger partial charge in [0.1, 0.15) is 0 Å². The molecule has 2 aromatic carbocycles. The van der Waals surface area contributed by atoms with Crippen LogP contribution in [0, 0.1) is 11.8 Å². The van der Waals surface area contributed by atoms with Crippen LogP contribution in [-0.2, 0) is 14.8 Å². The summed E-state index contributed by atoms with van der Waals surface area (Å²) in [4.78, 5) is 23.2. The number of carbonyl (C=O) groups is 2. The van der Waals surface area contributed by atoms with Crippen molar-refractivity contribution in [2.75, 3.05) is 20.7 Å². The normalized spacial score (nSPS) is 10.4. The lowest BCUT2D eigenvalue weighted by molar-refractivity contribution is 0.0600. The van der Waals surface area contributed by atoms with Crippen molar-refractivity contribution < 1.29 is 22.7 Å². The molecular weight excluding hydrogens is 368 g/mol. The summed E-state index contributed by atoms with van der Waals surface area (Å²) in [6, 6.07) is 12.1. The van der Waals surface area contributed by atoms with Crippen LogP contribution in [0.2, 0.25) is 0 Å². The Morgan fingerprint density at radius 2 is 1.74 bits per heavy atom. The molecule has 140 valence electrons. The summed E-state index contributed by atoms with van der Waals surface area (Å²) in [7, 11) is -1.01. The van der Waals surface area contributed by atoms with E-state index >= 15 is 0 Å². The highest BCUT2D eigenvalue weighted by Gasteiger charge is 2.14. The summed E-state index contributed by atoms with van der Waals surface area (Å²) >= 11 is 0. The maximum atomic E-state index is 12.3. The lowest BCUT2D eigenvalue weighted by Gasteiger charge is -2.05. The fourth-order valence-corrected chi connectivity index (χ4v) is 3.09. The fraction of sp³-hybridized carbons (Fsp3) is 0.158. The lowest BCUT2D eigenvalue weighted by atomic mass is 10.1. The quantitative estimate of drug-likeness (QED) is 0.593. The van der Waals surface area contributed by atoms with Gasteiger partial charge in [-0.3, -0.25) is 4.79 Å². The second-order valence-corrected chi connectivity index (χ2v) is 7.03. The van der Waals surface area contributed by atoms with Crippen LogP contribution in [0.3, 0.4) is 0 Å². The minimum absolute atomic E-state index is 0.00251. The highest BCUT2D eigenvalue weighted by molar-refractivity contribution is 7.89. The van der Waals surface area contributed by atoms with Crippen molar-refractivity contribution in [3.05, 3.63) is 65.2 Å². The van der Waals surface area contributed by atoms with Crippen molar-refractivity contribution >= 4 is 21.9 Å². The molecule has 0 radical (unpaired) electrons. The summed E-state index contributed by atoms with van der Waals surface area (Å²) in [5.74, 6) is 4.66. The predicted octanol–water partition coefficient (Wildman–Crippen LogP) is 1.16. The third-order valence-electron chi connectivity index (χ3n) is 3.56. The highest BCUT2D eigenvalue weighted by atomic mass is 32.2.